The standard InChI is InChI=1S/C12H18N2/c1-2-10-3-8-14-9-12(10)11-4-6-13-7-5-11/h3,8-9,11,13H,2,4-7H2,1H3. The van der Waals surface area contributed by atoms with E-state index in [-0.39, 0.29) is 0 Å². The quantitative estimate of drug-likeness (QED) is 0.772. The molecule has 2 nitrogen and oxygen atoms in total. The van der Waals surface area contributed by atoms with Crippen molar-refractivity contribution in [3.63, 3.8) is 0 Å². The van der Waals surface area contributed by atoms with Gasteiger partial charge in [0.1, 0.15) is 0 Å². The molecule has 1 aromatic rings. The first-order valence-electron chi connectivity index (χ1n) is 5.55. The first-order valence-corrected chi connectivity index (χ1v) is 5.55. The highest BCUT2D eigenvalue weighted by molar-refractivity contribution is 5.27. The first kappa shape index (κ1) is 9.66. The average molecular weight is 190 g/mol. The molecule has 0 amide bonds. The SMILES string of the molecule is CCc1ccncc1C1CCNCC1. The largest absolute Gasteiger partial charge is 0.317 e. The Morgan fingerprint density at radius 2 is 2.21 bits per heavy atom. The van der Waals surface area contributed by atoms with Crippen LogP contribution in [0.2, 0.25) is 0 Å². The summed E-state index contributed by atoms with van der Waals surface area (Å²) in [5.41, 5.74) is 2.96. The molecule has 14 heavy (non-hydrogen) atoms. The Balaban J connectivity index is 2.20. The van der Waals surface area contributed by atoms with Crippen LogP contribution in [-0.2, 0) is 6.42 Å². The second-order valence-corrected chi connectivity index (χ2v) is 3.95. The summed E-state index contributed by atoms with van der Waals surface area (Å²) in [5.74, 6) is 0.736. The maximum absolute atomic E-state index is 4.25. The third kappa shape index (κ3) is 1.95. The lowest BCUT2D eigenvalue weighted by Gasteiger charge is -2.24. The van der Waals surface area contributed by atoms with Crippen LogP contribution in [0.1, 0.15) is 36.8 Å². The maximum atomic E-state index is 4.25. The minimum Gasteiger partial charge on any atom is -0.317 e. The predicted molar refractivity (Wildman–Crippen MR) is 58.5 cm³/mol. The highest BCUT2D eigenvalue weighted by Gasteiger charge is 2.17. The van der Waals surface area contributed by atoms with Crippen LogP contribution in [0.3, 0.4) is 0 Å². The summed E-state index contributed by atoms with van der Waals surface area (Å²) in [4.78, 5) is 4.25. The van der Waals surface area contributed by atoms with Gasteiger partial charge in [-0.25, -0.2) is 0 Å². The van der Waals surface area contributed by atoms with E-state index in [2.05, 4.69) is 29.5 Å². The van der Waals surface area contributed by atoms with E-state index in [4.69, 9.17) is 0 Å². The van der Waals surface area contributed by atoms with Crippen molar-refractivity contribution >= 4 is 0 Å². The lowest BCUT2D eigenvalue weighted by atomic mass is 9.88. The molecule has 0 spiro atoms. The Morgan fingerprint density at radius 1 is 1.43 bits per heavy atom. The van der Waals surface area contributed by atoms with Crippen LogP contribution in [0.15, 0.2) is 18.5 Å². The molecule has 1 aliphatic heterocycles. The Labute approximate surface area is 85.7 Å². The van der Waals surface area contributed by atoms with E-state index in [1.807, 2.05) is 6.20 Å². The molecule has 0 atom stereocenters. The predicted octanol–water partition coefficient (Wildman–Crippen LogP) is 2.11. The topological polar surface area (TPSA) is 24.9 Å². The lowest BCUT2D eigenvalue weighted by molar-refractivity contribution is 0.457. The van der Waals surface area contributed by atoms with Gasteiger partial charge in [-0.2, -0.15) is 0 Å². The lowest BCUT2D eigenvalue weighted by Crippen LogP contribution is -2.27. The molecule has 2 heteroatoms. The smallest absolute Gasteiger partial charge is 0.0305 e. The number of hydrogen-bond donors (Lipinski definition) is 1. The van der Waals surface area contributed by atoms with E-state index in [1.165, 1.54) is 24.0 Å². The minimum absolute atomic E-state index is 0.736. The zero-order valence-corrected chi connectivity index (χ0v) is 8.79. The summed E-state index contributed by atoms with van der Waals surface area (Å²) in [7, 11) is 0. The third-order valence-corrected chi connectivity index (χ3v) is 3.11. The van der Waals surface area contributed by atoms with Gasteiger partial charge in [-0.1, -0.05) is 6.92 Å². The van der Waals surface area contributed by atoms with Gasteiger partial charge in [-0.05, 0) is 55.5 Å². The summed E-state index contributed by atoms with van der Waals surface area (Å²) >= 11 is 0. The number of piperidine rings is 1. The van der Waals surface area contributed by atoms with Crippen molar-refractivity contribution in [2.45, 2.75) is 32.1 Å². The summed E-state index contributed by atoms with van der Waals surface area (Å²) in [5, 5.41) is 3.40. The summed E-state index contributed by atoms with van der Waals surface area (Å²) in [6.45, 7) is 4.53. The number of aryl methyl sites for hydroxylation is 1. The number of aromatic nitrogens is 1. The zero-order chi connectivity index (χ0) is 9.80. The zero-order valence-electron chi connectivity index (χ0n) is 8.79. The molecule has 76 valence electrons. The van der Waals surface area contributed by atoms with Crippen molar-refractivity contribution in [3.8, 4) is 0 Å². The fraction of sp³-hybridized carbons (Fsp3) is 0.583. The molecule has 2 heterocycles. The second-order valence-electron chi connectivity index (χ2n) is 3.95. The average Bonchev–Trinajstić information content (AvgIpc) is 2.30. The van der Waals surface area contributed by atoms with Gasteiger partial charge in [-0.3, -0.25) is 4.98 Å². The monoisotopic (exact) mass is 190 g/mol. The number of nitrogens with zero attached hydrogens (tertiary/aromatic N) is 1. The highest BCUT2D eigenvalue weighted by Crippen LogP contribution is 2.27. The molecular formula is C12H18N2. The summed E-state index contributed by atoms with van der Waals surface area (Å²) in [6, 6.07) is 2.16. The van der Waals surface area contributed by atoms with E-state index in [0.717, 1.165) is 25.4 Å². The van der Waals surface area contributed by atoms with Crippen LogP contribution in [0.25, 0.3) is 0 Å². The van der Waals surface area contributed by atoms with Gasteiger partial charge in [0.2, 0.25) is 0 Å². The molecule has 1 N–H and O–H groups in total. The van der Waals surface area contributed by atoms with Crippen LogP contribution in [0.4, 0.5) is 0 Å². The van der Waals surface area contributed by atoms with Crippen LogP contribution in [0.5, 0.6) is 0 Å². The molecule has 1 fully saturated rings. The normalized spacial score (nSPS) is 18.4. The second kappa shape index (κ2) is 4.56. The van der Waals surface area contributed by atoms with Crippen molar-refractivity contribution < 1.29 is 0 Å². The van der Waals surface area contributed by atoms with Gasteiger partial charge in [-0.15, -0.1) is 0 Å². The molecule has 0 unspecified atom stereocenters. The molecular weight excluding hydrogens is 172 g/mol. The fourth-order valence-corrected chi connectivity index (χ4v) is 2.26. The van der Waals surface area contributed by atoms with Crippen molar-refractivity contribution in [2.75, 3.05) is 13.1 Å². The molecule has 0 bridgehead atoms. The molecule has 2 rings (SSSR count). The molecule has 1 aromatic heterocycles. The van der Waals surface area contributed by atoms with Crippen molar-refractivity contribution in [1.29, 1.82) is 0 Å². The van der Waals surface area contributed by atoms with E-state index in [9.17, 15) is 0 Å². The van der Waals surface area contributed by atoms with Crippen molar-refractivity contribution in [3.05, 3.63) is 29.6 Å². The Hall–Kier alpha value is -0.890. The summed E-state index contributed by atoms with van der Waals surface area (Å²) < 4.78 is 0. The van der Waals surface area contributed by atoms with Gasteiger partial charge in [0, 0.05) is 12.4 Å². The van der Waals surface area contributed by atoms with Crippen LogP contribution < -0.4 is 5.32 Å². The van der Waals surface area contributed by atoms with Crippen LogP contribution in [-0.4, -0.2) is 18.1 Å². The number of hydrogen-bond acceptors (Lipinski definition) is 2. The number of nitrogens with one attached hydrogen (secondary N) is 1. The van der Waals surface area contributed by atoms with E-state index in [0.29, 0.717) is 0 Å². The van der Waals surface area contributed by atoms with Crippen LogP contribution in [0, 0.1) is 0 Å². The first-order chi connectivity index (χ1) is 6.92. The van der Waals surface area contributed by atoms with Crippen molar-refractivity contribution in [1.82, 2.24) is 10.3 Å². The van der Waals surface area contributed by atoms with Gasteiger partial charge in [0.05, 0.1) is 0 Å². The van der Waals surface area contributed by atoms with Gasteiger partial charge < -0.3 is 5.32 Å². The fourth-order valence-electron chi connectivity index (χ4n) is 2.26. The maximum Gasteiger partial charge on any atom is 0.0305 e. The minimum atomic E-state index is 0.736. The molecule has 0 aromatic carbocycles. The Kier molecular flexibility index (Phi) is 3.14. The van der Waals surface area contributed by atoms with Gasteiger partial charge in [0.25, 0.3) is 0 Å². The Morgan fingerprint density at radius 3 is 2.93 bits per heavy atom. The number of rotatable bonds is 2. The molecule has 0 radical (unpaired) electrons. The van der Waals surface area contributed by atoms with E-state index < -0.39 is 0 Å². The van der Waals surface area contributed by atoms with Gasteiger partial charge >= 0.3 is 0 Å². The molecule has 1 saturated heterocycles. The third-order valence-electron chi connectivity index (χ3n) is 3.11. The van der Waals surface area contributed by atoms with Crippen molar-refractivity contribution in [2.24, 2.45) is 0 Å². The Bertz CT molecular complexity index is 290. The van der Waals surface area contributed by atoms with E-state index in [1.54, 1.807) is 0 Å². The molecule has 1 aliphatic rings. The molecule has 0 saturated carbocycles. The van der Waals surface area contributed by atoms with Gasteiger partial charge in [0.15, 0.2) is 0 Å². The highest BCUT2D eigenvalue weighted by atomic mass is 14.9. The number of pyridine rings is 1. The van der Waals surface area contributed by atoms with Crippen LogP contribution >= 0.6 is 0 Å². The summed E-state index contributed by atoms with van der Waals surface area (Å²) in [6.07, 6.45) is 7.62. The molecule has 0 aliphatic carbocycles. The van der Waals surface area contributed by atoms with E-state index >= 15 is 0 Å².